The second-order valence-electron chi connectivity index (χ2n) is 7.70. The minimum atomic E-state index is -0.505. The molecule has 0 atom stereocenters. The number of nitrogens with zero attached hydrogens (tertiary/aromatic N) is 6. The number of benzene rings is 1. The van der Waals surface area contributed by atoms with Crippen molar-refractivity contribution in [2.75, 3.05) is 25.0 Å². The predicted molar refractivity (Wildman–Crippen MR) is 119 cm³/mol. The van der Waals surface area contributed by atoms with E-state index in [4.69, 9.17) is 0 Å². The van der Waals surface area contributed by atoms with Gasteiger partial charge in [-0.05, 0) is 36.4 Å². The zero-order valence-electron chi connectivity index (χ0n) is 17.6. The Balaban J connectivity index is 1.67. The van der Waals surface area contributed by atoms with E-state index in [1.165, 1.54) is 16.7 Å². The van der Waals surface area contributed by atoms with Gasteiger partial charge in [0.25, 0.3) is 5.91 Å². The van der Waals surface area contributed by atoms with Crippen LogP contribution in [0.15, 0.2) is 53.5 Å². The summed E-state index contributed by atoms with van der Waals surface area (Å²) in [5.41, 5.74) is 1.32. The SMILES string of the molecule is CN1CCN(Cc2c(F)cccc2C#N)c2nc(-n3c(=O)[nH]c4ncccc43)ccc2C1=O. The number of nitriles is 1. The summed E-state index contributed by atoms with van der Waals surface area (Å²) in [6.45, 7) is 0.803. The van der Waals surface area contributed by atoms with Gasteiger partial charge in [-0.3, -0.25) is 9.78 Å². The number of anilines is 1. The minimum Gasteiger partial charge on any atom is -0.350 e. The van der Waals surface area contributed by atoms with E-state index >= 15 is 0 Å². The molecule has 4 aromatic rings. The topological polar surface area (TPSA) is 111 Å². The molecule has 0 saturated heterocycles. The third kappa shape index (κ3) is 3.40. The van der Waals surface area contributed by atoms with Gasteiger partial charge in [0.2, 0.25) is 0 Å². The molecule has 1 aliphatic heterocycles. The van der Waals surface area contributed by atoms with Crippen molar-refractivity contribution in [3.8, 4) is 11.9 Å². The van der Waals surface area contributed by atoms with Crippen LogP contribution in [0, 0.1) is 17.1 Å². The first-order chi connectivity index (χ1) is 16.0. The molecule has 1 N–H and O–H groups in total. The molecule has 9 nitrogen and oxygen atoms in total. The zero-order chi connectivity index (χ0) is 23.1. The highest BCUT2D eigenvalue weighted by Gasteiger charge is 2.28. The van der Waals surface area contributed by atoms with E-state index in [1.807, 2.05) is 6.07 Å². The predicted octanol–water partition coefficient (Wildman–Crippen LogP) is 2.21. The number of fused-ring (bicyclic) bond motifs is 2. The number of carbonyl (C=O) groups is 1. The standard InChI is InChI=1S/C23H18FN7O2/c1-29-10-11-30(13-16-14(12-25)4-2-5-17(16)24)21-15(22(29)32)7-8-19(27-21)31-18-6-3-9-26-20(18)28-23(31)33/h2-9H,10-11,13H2,1H3,(H,26,28,33). The Bertz CT molecular complexity index is 1500. The maximum atomic E-state index is 14.6. The molecule has 4 heterocycles. The van der Waals surface area contributed by atoms with Crippen LogP contribution in [-0.2, 0) is 6.54 Å². The summed E-state index contributed by atoms with van der Waals surface area (Å²) in [7, 11) is 1.68. The van der Waals surface area contributed by atoms with Crippen LogP contribution in [-0.4, -0.2) is 50.5 Å². The van der Waals surface area contributed by atoms with E-state index in [1.54, 1.807) is 53.4 Å². The lowest BCUT2D eigenvalue weighted by Crippen LogP contribution is -2.32. The van der Waals surface area contributed by atoms with Gasteiger partial charge in [0.05, 0.1) is 22.7 Å². The van der Waals surface area contributed by atoms with Crippen LogP contribution >= 0.6 is 0 Å². The number of halogens is 1. The highest BCUT2D eigenvalue weighted by Crippen LogP contribution is 2.27. The fraction of sp³-hybridized carbons (Fsp3) is 0.174. The van der Waals surface area contributed by atoms with Gasteiger partial charge in [0, 0.05) is 38.4 Å². The molecule has 0 saturated carbocycles. The van der Waals surface area contributed by atoms with Crippen LogP contribution in [0.1, 0.15) is 21.5 Å². The highest BCUT2D eigenvalue weighted by molar-refractivity contribution is 5.99. The van der Waals surface area contributed by atoms with Gasteiger partial charge in [0.1, 0.15) is 17.5 Å². The summed E-state index contributed by atoms with van der Waals surface area (Å²) in [6.07, 6.45) is 1.57. The number of aromatic amines is 1. The molecule has 3 aromatic heterocycles. The average molecular weight is 443 g/mol. The number of likely N-dealkylation sites (N-methyl/N-ethyl adjacent to an activating group) is 1. The number of carbonyl (C=O) groups excluding carboxylic acids is 1. The molecule has 0 aliphatic carbocycles. The lowest BCUT2D eigenvalue weighted by molar-refractivity contribution is 0.0804. The molecule has 0 spiro atoms. The van der Waals surface area contributed by atoms with Gasteiger partial charge in [-0.15, -0.1) is 0 Å². The third-order valence-electron chi connectivity index (χ3n) is 5.72. The van der Waals surface area contributed by atoms with Gasteiger partial charge < -0.3 is 9.80 Å². The van der Waals surface area contributed by atoms with E-state index in [9.17, 15) is 19.2 Å². The van der Waals surface area contributed by atoms with Crippen LogP contribution in [0.4, 0.5) is 10.2 Å². The molecule has 164 valence electrons. The minimum absolute atomic E-state index is 0.0461. The number of hydrogen-bond acceptors (Lipinski definition) is 6. The van der Waals surface area contributed by atoms with Crippen molar-refractivity contribution in [2.45, 2.75) is 6.54 Å². The van der Waals surface area contributed by atoms with Crippen molar-refractivity contribution < 1.29 is 9.18 Å². The van der Waals surface area contributed by atoms with Gasteiger partial charge >= 0.3 is 5.69 Å². The monoisotopic (exact) mass is 443 g/mol. The third-order valence-corrected chi connectivity index (χ3v) is 5.72. The lowest BCUT2D eigenvalue weighted by Gasteiger charge is -2.24. The first-order valence-electron chi connectivity index (χ1n) is 10.2. The fourth-order valence-corrected chi connectivity index (χ4v) is 3.99. The fourth-order valence-electron chi connectivity index (χ4n) is 3.99. The number of pyridine rings is 2. The van der Waals surface area contributed by atoms with Crippen LogP contribution in [0.5, 0.6) is 0 Å². The second-order valence-corrected chi connectivity index (χ2v) is 7.70. The number of H-pyrrole nitrogens is 1. The Morgan fingerprint density at radius 1 is 1.15 bits per heavy atom. The van der Waals surface area contributed by atoms with Crippen molar-refractivity contribution in [2.24, 2.45) is 0 Å². The molecule has 1 aliphatic rings. The maximum Gasteiger partial charge on any atom is 0.333 e. The largest absolute Gasteiger partial charge is 0.350 e. The van der Waals surface area contributed by atoms with Crippen molar-refractivity contribution in [3.63, 3.8) is 0 Å². The molecule has 1 amide bonds. The number of aromatic nitrogens is 4. The number of amides is 1. The summed E-state index contributed by atoms with van der Waals surface area (Å²) in [4.78, 5) is 40.4. The molecule has 0 bridgehead atoms. The normalized spacial score (nSPS) is 13.7. The Morgan fingerprint density at radius 2 is 2.00 bits per heavy atom. The summed E-state index contributed by atoms with van der Waals surface area (Å²) in [6, 6.07) is 13.0. The van der Waals surface area contributed by atoms with E-state index < -0.39 is 11.5 Å². The molecule has 1 aromatic carbocycles. The molecule has 0 radical (unpaired) electrons. The Morgan fingerprint density at radius 3 is 2.82 bits per heavy atom. The van der Waals surface area contributed by atoms with Gasteiger partial charge in [-0.2, -0.15) is 5.26 Å². The van der Waals surface area contributed by atoms with E-state index in [0.717, 1.165) is 0 Å². The van der Waals surface area contributed by atoms with Crippen LogP contribution in [0.2, 0.25) is 0 Å². The number of imidazole rings is 1. The number of hydrogen-bond donors (Lipinski definition) is 1. The number of nitrogens with one attached hydrogen (secondary N) is 1. The molecule has 10 heteroatoms. The lowest BCUT2D eigenvalue weighted by atomic mass is 10.1. The van der Waals surface area contributed by atoms with E-state index in [2.05, 4.69) is 15.0 Å². The van der Waals surface area contributed by atoms with E-state index in [0.29, 0.717) is 41.5 Å². The summed E-state index contributed by atoms with van der Waals surface area (Å²) >= 11 is 0. The number of rotatable bonds is 3. The Labute approximate surface area is 187 Å². The smallest absolute Gasteiger partial charge is 0.333 e. The highest BCUT2D eigenvalue weighted by atomic mass is 19.1. The molecule has 0 fully saturated rings. The molecule has 0 unspecified atom stereocenters. The summed E-state index contributed by atoms with van der Waals surface area (Å²) in [5.74, 6) is -0.114. The van der Waals surface area contributed by atoms with Crippen molar-refractivity contribution >= 4 is 22.9 Å². The maximum absolute atomic E-state index is 14.6. The first-order valence-corrected chi connectivity index (χ1v) is 10.2. The molecular weight excluding hydrogens is 425 g/mol. The van der Waals surface area contributed by atoms with Gasteiger partial charge in [-0.25, -0.2) is 23.7 Å². The molecule has 33 heavy (non-hydrogen) atoms. The van der Waals surface area contributed by atoms with Crippen LogP contribution < -0.4 is 10.6 Å². The first kappa shape index (κ1) is 20.4. The van der Waals surface area contributed by atoms with E-state index in [-0.39, 0.29) is 23.6 Å². The van der Waals surface area contributed by atoms with Gasteiger partial charge in [0.15, 0.2) is 5.65 Å². The quantitative estimate of drug-likeness (QED) is 0.520. The van der Waals surface area contributed by atoms with Gasteiger partial charge in [-0.1, -0.05) is 6.07 Å². The zero-order valence-corrected chi connectivity index (χ0v) is 17.6. The summed E-state index contributed by atoms with van der Waals surface area (Å²) in [5, 5.41) is 9.45. The second kappa shape index (κ2) is 7.87. The van der Waals surface area contributed by atoms with Crippen molar-refractivity contribution in [1.82, 2.24) is 24.4 Å². The Hall–Kier alpha value is -4.52. The van der Waals surface area contributed by atoms with Crippen molar-refractivity contribution in [1.29, 1.82) is 5.26 Å². The molecular formula is C23H18FN7O2. The Kier molecular flexibility index (Phi) is 4.86. The average Bonchev–Trinajstić information content (AvgIpc) is 3.11. The van der Waals surface area contributed by atoms with Crippen LogP contribution in [0.3, 0.4) is 0 Å². The summed E-state index contributed by atoms with van der Waals surface area (Å²) < 4.78 is 16.0. The van der Waals surface area contributed by atoms with Crippen LogP contribution in [0.25, 0.3) is 17.0 Å². The molecule has 5 rings (SSSR count). The van der Waals surface area contributed by atoms with Crippen molar-refractivity contribution in [3.05, 3.63) is 81.7 Å².